The molecule has 0 aromatic heterocycles. The van der Waals surface area contributed by atoms with E-state index in [4.69, 9.17) is 0 Å². The summed E-state index contributed by atoms with van der Waals surface area (Å²) >= 11 is -0.287. The molecule has 0 amide bonds. The van der Waals surface area contributed by atoms with Crippen LogP contribution in [0.5, 0.6) is 0 Å². The first kappa shape index (κ1) is 24.4. The summed E-state index contributed by atoms with van der Waals surface area (Å²) in [5.41, 5.74) is 0. The molecule has 0 heterocycles. The molecule has 0 unspecified atom stereocenters. The lowest BCUT2D eigenvalue weighted by Crippen LogP contribution is -3.59. The normalized spacial score (nSPS) is 11.8. The van der Waals surface area contributed by atoms with Crippen LogP contribution in [0.15, 0.2) is 40.2 Å². The Morgan fingerprint density at radius 2 is 1.36 bits per heavy atom. The third-order valence-electron chi connectivity index (χ3n) is 3.30. The van der Waals surface area contributed by atoms with Crippen LogP contribution in [-0.2, 0) is 0 Å². The maximum atomic E-state index is 13.7. The molecule has 1 aromatic rings. The molecule has 0 aliphatic rings. The number of hydrogen-bond donors (Lipinski definition) is 0. The van der Waals surface area contributed by atoms with Gasteiger partial charge in [0, 0.05) is 6.42 Å². The molecule has 0 N–H and O–H groups in total. The lowest BCUT2D eigenvalue weighted by molar-refractivity contribution is -0.558. The number of halogens is 6. The van der Waals surface area contributed by atoms with E-state index < -0.39 is 7.25 Å². The summed E-state index contributed by atoms with van der Waals surface area (Å²) in [5, 5.41) is 0. The fourth-order valence-electron chi connectivity index (χ4n) is 2.09. The van der Waals surface area contributed by atoms with E-state index in [2.05, 4.69) is 19.1 Å². The Hall–Kier alpha value is -0.595. The predicted octanol–water partition coefficient (Wildman–Crippen LogP) is 4.59. The highest BCUT2D eigenvalue weighted by Gasteiger charge is 2.20. The van der Waals surface area contributed by atoms with Crippen LogP contribution in [0.25, 0.3) is 0 Å². The summed E-state index contributed by atoms with van der Waals surface area (Å²) in [4.78, 5) is 0. The van der Waals surface area contributed by atoms with E-state index in [9.17, 15) is 21.7 Å². The van der Waals surface area contributed by atoms with Crippen molar-refractivity contribution in [2.45, 2.75) is 64.7 Å². The van der Waals surface area contributed by atoms with Crippen LogP contribution >= 0.6 is 0 Å². The average Bonchev–Trinajstić information content (AvgIpc) is 2.55. The first-order valence-corrected chi connectivity index (χ1v) is 11.1. The molecule has 0 saturated heterocycles. The predicted molar refractivity (Wildman–Crippen MR) is 91.7 cm³/mol. The van der Waals surface area contributed by atoms with Crippen LogP contribution in [0.3, 0.4) is 0 Å². The maximum absolute atomic E-state index is 13.7. The minimum Gasteiger partial charge on any atom is -0.418 e. The van der Waals surface area contributed by atoms with Gasteiger partial charge in [-0.3, -0.25) is 0 Å². The van der Waals surface area contributed by atoms with Gasteiger partial charge in [-0.2, -0.15) is 0 Å². The minimum atomic E-state index is -6.00. The van der Waals surface area contributed by atoms with Gasteiger partial charge in [-0.05, 0) is 18.6 Å². The van der Waals surface area contributed by atoms with Crippen molar-refractivity contribution in [2.75, 3.05) is 0 Å². The summed E-state index contributed by atoms with van der Waals surface area (Å²) in [7, 11) is -6.00. The van der Waals surface area contributed by atoms with Crippen molar-refractivity contribution in [3.63, 3.8) is 0 Å². The molecular weight excluding hydrogens is 449 g/mol. The van der Waals surface area contributed by atoms with E-state index in [0.29, 0.717) is 6.42 Å². The summed E-state index contributed by atoms with van der Waals surface area (Å²) in [6.07, 6.45) is 10.8. The van der Waals surface area contributed by atoms with Gasteiger partial charge in [0.25, 0.3) is 0 Å². The standard InChI is InChI=1S/C18H27FI.BF4/c1-2-3-4-5-6-7-8-10-13-17(19)16-20-18-14-11-9-12-15-18;2-1(3,4)5/h9,11-12,14-16H,2-8,10,13H2,1H3;/q+1;-1/b17-16-;. The van der Waals surface area contributed by atoms with E-state index in [0.717, 1.165) is 6.42 Å². The van der Waals surface area contributed by atoms with E-state index in [-0.39, 0.29) is 27.0 Å². The highest BCUT2D eigenvalue weighted by Crippen LogP contribution is 2.12. The largest absolute Gasteiger partial charge is 0.673 e. The van der Waals surface area contributed by atoms with E-state index in [1.807, 2.05) is 22.3 Å². The second-order valence-electron chi connectivity index (χ2n) is 5.68. The molecule has 0 spiro atoms. The number of rotatable bonds is 11. The average molecular weight is 476 g/mol. The van der Waals surface area contributed by atoms with E-state index in [1.54, 1.807) is 0 Å². The summed E-state index contributed by atoms with van der Waals surface area (Å²) < 4.78 is 55.8. The minimum absolute atomic E-state index is 0.104. The molecule has 0 aliphatic carbocycles. The SMILES string of the molecule is CCCCCCCCCC/C(F)=C/[I+]c1ccccc1.F[B-](F)(F)F. The van der Waals surface area contributed by atoms with Crippen LogP contribution in [0.2, 0.25) is 0 Å². The molecule has 0 aliphatic heterocycles. The molecule has 0 radical (unpaired) electrons. The Balaban J connectivity index is 0.00000101. The number of allylic oxidation sites excluding steroid dienone is 1. The first-order chi connectivity index (χ1) is 11.8. The highest BCUT2D eigenvalue weighted by atomic mass is 127. The van der Waals surface area contributed by atoms with E-state index in [1.165, 1.54) is 48.5 Å². The number of hydrogen-bond acceptors (Lipinski definition) is 0. The maximum Gasteiger partial charge on any atom is 0.673 e. The van der Waals surface area contributed by atoms with E-state index >= 15 is 0 Å². The van der Waals surface area contributed by atoms with Gasteiger partial charge in [0.1, 0.15) is 5.83 Å². The molecule has 1 rings (SSSR count). The number of unbranched alkanes of at least 4 members (excludes halogenated alkanes) is 7. The lowest BCUT2D eigenvalue weighted by atomic mass is 10.1. The third-order valence-corrected chi connectivity index (χ3v) is 5.73. The first-order valence-electron chi connectivity index (χ1n) is 8.73. The van der Waals surface area contributed by atoms with Crippen molar-refractivity contribution in [3.05, 3.63) is 43.8 Å². The van der Waals surface area contributed by atoms with Crippen molar-refractivity contribution in [1.82, 2.24) is 0 Å². The van der Waals surface area contributed by atoms with Gasteiger partial charge >= 0.3 is 28.5 Å². The Morgan fingerprint density at radius 1 is 0.880 bits per heavy atom. The van der Waals surface area contributed by atoms with Crippen LogP contribution in [-0.4, -0.2) is 7.25 Å². The molecule has 1 aromatic carbocycles. The molecule has 7 heteroatoms. The molecule has 0 atom stereocenters. The third kappa shape index (κ3) is 21.4. The quantitative estimate of drug-likeness (QED) is 0.190. The van der Waals surface area contributed by atoms with Gasteiger partial charge in [-0.25, -0.2) is 4.39 Å². The zero-order valence-corrected chi connectivity index (χ0v) is 16.8. The molecule has 144 valence electrons. The fraction of sp³-hybridized carbons (Fsp3) is 0.556. The second-order valence-corrected chi connectivity index (χ2v) is 8.17. The van der Waals surface area contributed by atoms with Crippen LogP contribution in [0.4, 0.5) is 21.7 Å². The molecule has 0 saturated carbocycles. The van der Waals surface area contributed by atoms with Gasteiger partial charge < -0.3 is 17.3 Å². The number of benzene rings is 1. The van der Waals surface area contributed by atoms with Gasteiger partial charge in [0.2, 0.25) is 0 Å². The summed E-state index contributed by atoms with van der Waals surface area (Å²) in [6.45, 7) is 2.24. The van der Waals surface area contributed by atoms with Crippen molar-refractivity contribution < 1.29 is 42.9 Å². The molecule has 0 bridgehead atoms. The van der Waals surface area contributed by atoms with Crippen molar-refractivity contribution in [3.8, 4) is 0 Å². The molecule has 25 heavy (non-hydrogen) atoms. The smallest absolute Gasteiger partial charge is 0.418 e. The summed E-state index contributed by atoms with van der Waals surface area (Å²) in [6, 6.07) is 10.2. The highest BCUT2D eigenvalue weighted by molar-refractivity contribution is 6.50. The second kappa shape index (κ2) is 15.6. The van der Waals surface area contributed by atoms with Crippen molar-refractivity contribution >= 4 is 7.25 Å². The summed E-state index contributed by atoms with van der Waals surface area (Å²) in [5.74, 6) is 0.104. The zero-order chi connectivity index (χ0) is 19.0. The molecule has 0 fully saturated rings. The molecular formula is C18H27BF5I. The van der Waals surface area contributed by atoms with Crippen LogP contribution < -0.4 is 21.2 Å². The molecule has 0 nitrogen and oxygen atoms in total. The Bertz CT molecular complexity index is 443. The Kier molecular flexibility index (Phi) is 15.3. The van der Waals surface area contributed by atoms with Gasteiger partial charge in [-0.15, -0.1) is 0 Å². The van der Waals surface area contributed by atoms with Crippen molar-refractivity contribution in [2.24, 2.45) is 0 Å². The van der Waals surface area contributed by atoms with Gasteiger partial charge in [0.05, 0.1) is 0 Å². The van der Waals surface area contributed by atoms with Crippen LogP contribution in [0, 0.1) is 3.57 Å². The van der Waals surface area contributed by atoms with Gasteiger partial charge in [-0.1, -0.05) is 70.1 Å². The Morgan fingerprint density at radius 3 is 1.88 bits per heavy atom. The topological polar surface area (TPSA) is 0 Å². The van der Waals surface area contributed by atoms with Crippen LogP contribution in [0.1, 0.15) is 64.7 Å². The van der Waals surface area contributed by atoms with Crippen molar-refractivity contribution in [1.29, 1.82) is 0 Å². The lowest BCUT2D eigenvalue weighted by Gasteiger charge is -2.00. The Labute approximate surface area is 158 Å². The fourth-order valence-corrected chi connectivity index (χ4v) is 3.93. The van der Waals surface area contributed by atoms with Gasteiger partial charge in [0.15, 0.2) is 7.65 Å². The zero-order valence-electron chi connectivity index (χ0n) is 14.7. The monoisotopic (exact) mass is 476 g/mol.